The number of benzene rings is 5. The van der Waals surface area contributed by atoms with Gasteiger partial charge in [-0.1, -0.05) is 78.8 Å². The van der Waals surface area contributed by atoms with Gasteiger partial charge < -0.3 is 25.1 Å². The van der Waals surface area contributed by atoms with Gasteiger partial charge in [-0.25, -0.2) is 0 Å². The van der Waals surface area contributed by atoms with E-state index in [1.807, 2.05) is 18.2 Å². The van der Waals surface area contributed by atoms with Gasteiger partial charge in [0.2, 0.25) is 0 Å². The molecule has 16 nitrogen and oxygen atoms in total. The van der Waals surface area contributed by atoms with Gasteiger partial charge >= 0.3 is 46.3 Å². The Hall–Kier alpha value is -5.72. The summed E-state index contributed by atoms with van der Waals surface area (Å²) in [6.07, 6.45) is 0. The number of hydrogen-bond donors (Lipinski definition) is 0. The van der Waals surface area contributed by atoms with E-state index < -0.39 is 26.9 Å². The number of aryl methyl sites for hydroxylation is 1. The van der Waals surface area contributed by atoms with Crippen molar-refractivity contribution >= 4 is 44.9 Å². The molecule has 1 aromatic heterocycles. The number of nitro groups is 2. The van der Waals surface area contributed by atoms with Crippen molar-refractivity contribution in [1.82, 2.24) is 9.78 Å². The molecule has 0 fully saturated rings. The molecule has 0 bridgehead atoms. The number of azo groups is 2. The Labute approximate surface area is 314 Å². The number of non-ortho nitro benzene ring substituents is 2. The second kappa shape index (κ2) is 17.1. The molecule has 0 N–H and O–H groups in total. The first-order valence-electron chi connectivity index (χ1n) is 13.8. The van der Waals surface area contributed by atoms with Crippen LogP contribution in [0.15, 0.2) is 128 Å². The zero-order chi connectivity index (χ0) is 34.4. The van der Waals surface area contributed by atoms with Crippen LogP contribution >= 0.6 is 0 Å². The van der Waals surface area contributed by atoms with Crippen molar-refractivity contribution in [3.63, 3.8) is 0 Å². The molecule has 0 amide bonds. The molecule has 0 aliphatic heterocycles. The standard InChI is InChI=1S/C16H13N5O4.C16H11N3O4.Co.Na/c1-10-15(16(23)20(19-10)11-5-3-2-4-6-11)18-17-13-8-7-12(21(24)25)9-14(13)22;20-14-8-5-10-3-1-2-4-12(10)16(14)18-17-13-7-6-11(19(22)23)9-15(13)21;;/h2-9H,1H3,(H2,17,18,19,22,23);1-9,20-21H;;/q;;+3;+1/p-4. The van der Waals surface area contributed by atoms with E-state index in [0.717, 1.165) is 29.7 Å². The molecule has 246 valence electrons. The van der Waals surface area contributed by atoms with Crippen molar-refractivity contribution in [2.24, 2.45) is 20.5 Å². The molecule has 0 radical (unpaired) electrons. The van der Waals surface area contributed by atoms with Crippen molar-refractivity contribution in [3.05, 3.63) is 139 Å². The van der Waals surface area contributed by atoms with Crippen LogP contribution in [-0.2, 0) is 16.8 Å². The predicted molar refractivity (Wildman–Crippen MR) is 167 cm³/mol. The van der Waals surface area contributed by atoms with Crippen molar-refractivity contribution in [3.8, 4) is 22.9 Å². The van der Waals surface area contributed by atoms with Crippen molar-refractivity contribution in [1.29, 1.82) is 0 Å². The first-order valence-corrected chi connectivity index (χ1v) is 13.8. The quantitative estimate of drug-likeness (QED) is 0.102. The van der Waals surface area contributed by atoms with Gasteiger partial charge in [-0.15, -0.1) is 10.8 Å². The topological polar surface area (TPSA) is 241 Å². The van der Waals surface area contributed by atoms with Crippen LogP contribution in [0.1, 0.15) is 5.69 Å². The summed E-state index contributed by atoms with van der Waals surface area (Å²) in [6.45, 7) is 1.60. The van der Waals surface area contributed by atoms with E-state index in [9.17, 15) is 40.3 Å². The number of rotatable bonds is 7. The van der Waals surface area contributed by atoms with E-state index >= 15 is 0 Å². The third kappa shape index (κ3) is 8.84. The summed E-state index contributed by atoms with van der Waals surface area (Å²) in [4.78, 5) is 32.3. The van der Waals surface area contributed by atoms with Gasteiger partial charge in [-0.2, -0.15) is 15.3 Å². The van der Waals surface area contributed by atoms with Gasteiger partial charge in [-0.3, -0.25) is 25.0 Å². The summed E-state index contributed by atoms with van der Waals surface area (Å²) >= 11 is 0. The number of para-hydroxylation sites is 1. The Bertz CT molecular complexity index is 2290. The van der Waals surface area contributed by atoms with Gasteiger partial charge in [-0.05, 0) is 29.7 Å². The van der Waals surface area contributed by atoms with Crippen LogP contribution in [0.3, 0.4) is 0 Å². The minimum absolute atomic E-state index is 0. The normalized spacial score (nSPS) is 10.7. The first-order chi connectivity index (χ1) is 23.0. The molecule has 0 saturated heterocycles. The van der Waals surface area contributed by atoms with E-state index in [0.29, 0.717) is 16.8 Å². The number of hydrogen-bond acceptors (Lipinski definition) is 12. The Kier molecular flexibility index (Phi) is 13.2. The third-order valence-corrected chi connectivity index (χ3v) is 6.68. The van der Waals surface area contributed by atoms with Crippen LogP contribution in [0.25, 0.3) is 16.5 Å². The number of fused-ring (bicyclic) bond motifs is 1. The summed E-state index contributed by atoms with van der Waals surface area (Å²) in [5.74, 6) is -1.60. The smallest absolute Gasteiger partial charge is 0.871 e. The Morgan fingerprint density at radius 1 is 0.640 bits per heavy atom. The Morgan fingerprint density at radius 2 is 1.16 bits per heavy atom. The average molecular weight is 726 g/mol. The zero-order valence-corrected chi connectivity index (χ0v) is 29.0. The maximum Gasteiger partial charge on any atom is 3.00 e. The first kappa shape index (κ1) is 38.7. The van der Waals surface area contributed by atoms with Crippen LogP contribution in [0, 0.1) is 27.2 Å². The largest absolute Gasteiger partial charge is 3.00 e. The minimum atomic E-state index is -0.674. The molecule has 0 unspecified atom stereocenters. The molecule has 0 saturated carbocycles. The van der Waals surface area contributed by atoms with Crippen molar-refractivity contribution < 1.29 is 71.5 Å². The number of aromatic nitrogens is 2. The fourth-order valence-electron chi connectivity index (χ4n) is 4.30. The van der Waals surface area contributed by atoms with E-state index in [-0.39, 0.29) is 86.2 Å². The van der Waals surface area contributed by atoms with Gasteiger partial charge in [0.1, 0.15) is 5.69 Å². The van der Waals surface area contributed by atoms with Crippen molar-refractivity contribution in [2.45, 2.75) is 6.92 Å². The fourth-order valence-corrected chi connectivity index (χ4v) is 4.30. The molecule has 1 heterocycles. The molecular formula is C32H20CoN8NaO8. The monoisotopic (exact) mass is 726 g/mol. The summed E-state index contributed by atoms with van der Waals surface area (Å²) in [5.41, 5.74) is -0.224. The molecule has 6 aromatic rings. The molecule has 6 rings (SSSR count). The number of nitro benzene ring substituents is 2. The summed E-state index contributed by atoms with van der Waals surface area (Å²) in [5, 5.41) is 77.6. The SMILES string of the molecule is Cc1[n-]n(-c2ccccc2)c(=O)c1N=Nc1ccc([N+](=O)[O-])cc1[O-].O=[N+]([O-])c1ccc(N=Nc2c([O-])ccc3ccccc23)c([O-])c1.[Co+3].[Na+]. The Morgan fingerprint density at radius 3 is 1.70 bits per heavy atom. The third-order valence-electron chi connectivity index (χ3n) is 6.68. The predicted octanol–water partition coefficient (Wildman–Crippen LogP) is 2.81. The molecule has 0 spiro atoms. The molecule has 0 aliphatic carbocycles. The van der Waals surface area contributed by atoms with Crippen LogP contribution in [-0.4, -0.2) is 14.5 Å². The van der Waals surface area contributed by atoms with E-state index in [2.05, 4.69) is 25.6 Å². The number of nitrogens with zero attached hydrogens (tertiary/aromatic N) is 8. The van der Waals surface area contributed by atoms with Crippen LogP contribution in [0.4, 0.5) is 34.1 Å². The summed E-state index contributed by atoms with van der Waals surface area (Å²) in [7, 11) is 0. The Balaban J connectivity index is 0.000000261. The average Bonchev–Trinajstić information content (AvgIpc) is 3.37. The molecule has 50 heavy (non-hydrogen) atoms. The van der Waals surface area contributed by atoms with Gasteiger partial charge in [0, 0.05) is 35.3 Å². The second-order valence-corrected chi connectivity index (χ2v) is 9.84. The van der Waals surface area contributed by atoms with E-state index in [4.69, 9.17) is 0 Å². The molecule has 0 atom stereocenters. The molecule has 5 aromatic carbocycles. The molecular weight excluding hydrogens is 706 g/mol. The van der Waals surface area contributed by atoms with Crippen LogP contribution in [0.5, 0.6) is 17.2 Å². The maximum absolute atomic E-state index is 12.4. The van der Waals surface area contributed by atoms with Crippen LogP contribution in [0.2, 0.25) is 0 Å². The fraction of sp³-hybridized carbons (Fsp3) is 0.0312. The van der Waals surface area contributed by atoms with Gasteiger partial charge in [0.05, 0.1) is 26.9 Å². The van der Waals surface area contributed by atoms with Gasteiger partial charge in [0.25, 0.3) is 16.9 Å². The van der Waals surface area contributed by atoms with Crippen molar-refractivity contribution in [2.75, 3.05) is 0 Å². The van der Waals surface area contributed by atoms with Gasteiger partial charge in [0.15, 0.2) is 0 Å². The molecule has 18 heteroatoms. The van der Waals surface area contributed by atoms with E-state index in [1.54, 1.807) is 49.4 Å². The second-order valence-electron chi connectivity index (χ2n) is 9.84. The maximum atomic E-state index is 12.4. The summed E-state index contributed by atoms with van der Waals surface area (Å²) < 4.78 is 1.19. The minimum Gasteiger partial charge on any atom is -0.871 e. The summed E-state index contributed by atoms with van der Waals surface area (Å²) in [6, 6.07) is 25.5. The van der Waals surface area contributed by atoms with Crippen LogP contribution < -0.4 is 55.5 Å². The van der Waals surface area contributed by atoms with E-state index in [1.165, 1.54) is 22.9 Å². The molecule has 0 aliphatic rings. The zero-order valence-electron chi connectivity index (χ0n) is 26.0.